The van der Waals surface area contributed by atoms with Crippen molar-refractivity contribution in [2.75, 3.05) is 6.61 Å². The number of urea groups is 1. The molecule has 0 saturated heterocycles. The average molecular weight is 274 g/mol. The second-order valence-electron chi connectivity index (χ2n) is 2.49. The first-order chi connectivity index (χ1) is 7.09. The van der Waals surface area contributed by atoms with Gasteiger partial charge < -0.3 is 10.5 Å². The first-order valence-corrected chi connectivity index (χ1v) is 4.71. The number of hydrogen-bond donors (Lipinski definition) is 2. The van der Waals surface area contributed by atoms with Crippen molar-refractivity contribution < 1.29 is 14.3 Å². The maximum atomic E-state index is 11.0. The first-order valence-electron chi connectivity index (χ1n) is 3.92. The van der Waals surface area contributed by atoms with Crippen LogP contribution in [0.15, 0.2) is 22.9 Å². The van der Waals surface area contributed by atoms with E-state index in [0.29, 0.717) is 10.4 Å². The molecule has 0 aromatic carbocycles. The molecule has 0 radical (unpaired) electrons. The molecule has 1 rings (SSSR count). The lowest BCUT2D eigenvalue weighted by atomic mass is 10.5. The standard InChI is InChI=1S/C8H8BrN3O3/c9-7-5(2-1-3-11-7)15-4-6(13)12-8(10)14/h1-3H,4H2,(H3,10,12,13,14). The van der Waals surface area contributed by atoms with Gasteiger partial charge in [-0.3, -0.25) is 10.1 Å². The molecule has 0 aliphatic heterocycles. The summed E-state index contributed by atoms with van der Waals surface area (Å²) < 4.78 is 5.55. The molecule has 0 bridgehead atoms. The molecule has 15 heavy (non-hydrogen) atoms. The van der Waals surface area contributed by atoms with E-state index >= 15 is 0 Å². The van der Waals surface area contributed by atoms with Gasteiger partial charge in [-0.05, 0) is 28.1 Å². The second kappa shape index (κ2) is 5.30. The van der Waals surface area contributed by atoms with Gasteiger partial charge in [0.25, 0.3) is 5.91 Å². The highest BCUT2D eigenvalue weighted by Crippen LogP contribution is 2.20. The van der Waals surface area contributed by atoms with E-state index in [1.54, 1.807) is 18.3 Å². The van der Waals surface area contributed by atoms with E-state index in [1.807, 2.05) is 5.32 Å². The Balaban J connectivity index is 2.47. The molecule has 0 aliphatic carbocycles. The van der Waals surface area contributed by atoms with Crippen molar-refractivity contribution in [1.29, 1.82) is 0 Å². The number of hydrogen-bond acceptors (Lipinski definition) is 4. The lowest BCUT2D eigenvalue weighted by Crippen LogP contribution is -2.38. The SMILES string of the molecule is NC(=O)NC(=O)COc1cccnc1Br. The molecule has 0 aliphatic rings. The van der Waals surface area contributed by atoms with E-state index < -0.39 is 11.9 Å². The number of halogens is 1. The quantitative estimate of drug-likeness (QED) is 0.781. The van der Waals surface area contributed by atoms with Gasteiger partial charge in [0.2, 0.25) is 0 Å². The Bertz CT molecular complexity index is 383. The van der Waals surface area contributed by atoms with E-state index in [0.717, 1.165) is 0 Å². The predicted octanol–water partition coefficient (Wildman–Crippen LogP) is 0.418. The van der Waals surface area contributed by atoms with Crippen molar-refractivity contribution in [3.05, 3.63) is 22.9 Å². The van der Waals surface area contributed by atoms with Crippen molar-refractivity contribution in [3.8, 4) is 5.75 Å². The van der Waals surface area contributed by atoms with Gasteiger partial charge in [0.15, 0.2) is 12.4 Å². The molecule has 0 fully saturated rings. The number of pyridine rings is 1. The molecule has 0 saturated carbocycles. The number of carbonyl (C=O) groups is 2. The minimum atomic E-state index is -0.908. The van der Waals surface area contributed by atoms with E-state index in [-0.39, 0.29) is 6.61 Å². The van der Waals surface area contributed by atoms with Crippen molar-refractivity contribution in [2.24, 2.45) is 5.73 Å². The Morgan fingerprint density at radius 3 is 2.93 bits per heavy atom. The summed E-state index contributed by atoms with van der Waals surface area (Å²) >= 11 is 3.14. The van der Waals surface area contributed by atoms with Crippen molar-refractivity contribution in [3.63, 3.8) is 0 Å². The fraction of sp³-hybridized carbons (Fsp3) is 0.125. The summed E-state index contributed by atoms with van der Waals surface area (Å²) in [6.45, 7) is -0.298. The minimum absolute atomic E-state index is 0.298. The number of rotatable bonds is 3. The fourth-order valence-electron chi connectivity index (χ4n) is 0.796. The van der Waals surface area contributed by atoms with Gasteiger partial charge in [0.05, 0.1) is 0 Å². The lowest BCUT2D eigenvalue weighted by molar-refractivity contribution is -0.121. The van der Waals surface area contributed by atoms with E-state index in [2.05, 4.69) is 20.9 Å². The first kappa shape index (κ1) is 11.4. The van der Waals surface area contributed by atoms with Crippen LogP contribution in [0.25, 0.3) is 0 Å². The molecule has 1 aromatic rings. The monoisotopic (exact) mass is 273 g/mol. The molecule has 1 aromatic heterocycles. The number of carbonyl (C=O) groups excluding carboxylic acids is 2. The van der Waals surface area contributed by atoms with Crippen molar-refractivity contribution in [2.45, 2.75) is 0 Å². The lowest BCUT2D eigenvalue weighted by Gasteiger charge is -2.05. The third-order valence-electron chi connectivity index (χ3n) is 1.35. The number of nitrogens with two attached hydrogens (primary N) is 1. The third kappa shape index (κ3) is 3.94. The molecule has 3 N–H and O–H groups in total. The number of primary amides is 1. The van der Waals surface area contributed by atoms with E-state index in [1.165, 1.54) is 0 Å². The summed E-state index contributed by atoms with van der Waals surface area (Å²) in [5.41, 5.74) is 4.74. The highest BCUT2D eigenvalue weighted by Gasteiger charge is 2.06. The summed E-state index contributed by atoms with van der Waals surface area (Å²) in [7, 11) is 0. The summed E-state index contributed by atoms with van der Waals surface area (Å²) in [6, 6.07) is 2.38. The normalized spacial score (nSPS) is 9.40. The van der Waals surface area contributed by atoms with Crippen LogP contribution >= 0.6 is 15.9 Å². The fourth-order valence-corrected chi connectivity index (χ4v) is 1.16. The van der Waals surface area contributed by atoms with Gasteiger partial charge in [-0.1, -0.05) is 0 Å². The number of ether oxygens (including phenoxy) is 1. The summed E-state index contributed by atoms with van der Waals surface area (Å²) in [4.78, 5) is 25.2. The number of nitrogens with one attached hydrogen (secondary N) is 1. The van der Waals surface area contributed by atoms with Crippen molar-refractivity contribution in [1.82, 2.24) is 10.3 Å². The Hall–Kier alpha value is -1.63. The van der Waals surface area contributed by atoms with Crippen LogP contribution < -0.4 is 15.8 Å². The molecular weight excluding hydrogens is 266 g/mol. The molecule has 0 unspecified atom stereocenters. The van der Waals surface area contributed by atoms with Crippen LogP contribution in [0.2, 0.25) is 0 Å². The largest absolute Gasteiger partial charge is 0.481 e. The molecule has 0 atom stereocenters. The number of amides is 3. The van der Waals surface area contributed by atoms with Gasteiger partial charge in [-0.25, -0.2) is 9.78 Å². The van der Waals surface area contributed by atoms with Gasteiger partial charge in [-0.2, -0.15) is 0 Å². The number of nitrogens with zero attached hydrogens (tertiary/aromatic N) is 1. The zero-order valence-electron chi connectivity index (χ0n) is 7.57. The highest BCUT2D eigenvalue weighted by atomic mass is 79.9. The Labute approximate surface area is 93.9 Å². The third-order valence-corrected chi connectivity index (χ3v) is 1.94. The zero-order valence-corrected chi connectivity index (χ0v) is 9.15. The molecule has 80 valence electrons. The zero-order chi connectivity index (χ0) is 11.3. The average Bonchev–Trinajstić information content (AvgIpc) is 2.15. The Morgan fingerprint density at radius 2 is 2.33 bits per heavy atom. The maximum absolute atomic E-state index is 11.0. The molecule has 0 spiro atoms. The van der Waals surface area contributed by atoms with E-state index in [4.69, 9.17) is 10.5 Å². The summed E-state index contributed by atoms with van der Waals surface area (Å²) in [5.74, 6) is -0.199. The van der Waals surface area contributed by atoms with Crippen LogP contribution in [-0.4, -0.2) is 23.5 Å². The highest BCUT2D eigenvalue weighted by molar-refractivity contribution is 9.10. The van der Waals surface area contributed by atoms with Crippen LogP contribution in [0, 0.1) is 0 Å². The summed E-state index contributed by atoms with van der Waals surface area (Å²) in [6.07, 6.45) is 1.57. The van der Waals surface area contributed by atoms with Gasteiger partial charge >= 0.3 is 6.03 Å². The van der Waals surface area contributed by atoms with E-state index in [9.17, 15) is 9.59 Å². The molecular formula is C8H8BrN3O3. The Kier molecular flexibility index (Phi) is 4.04. The van der Waals surface area contributed by atoms with Gasteiger partial charge in [0, 0.05) is 6.20 Å². The van der Waals surface area contributed by atoms with Gasteiger partial charge in [0.1, 0.15) is 4.60 Å². The molecule has 3 amide bonds. The maximum Gasteiger partial charge on any atom is 0.318 e. The second-order valence-corrected chi connectivity index (χ2v) is 3.24. The smallest absolute Gasteiger partial charge is 0.318 e. The molecule has 7 heteroatoms. The van der Waals surface area contributed by atoms with Gasteiger partial charge in [-0.15, -0.1) is 0 Å². The van der Waals surface area contributed by atoms with Crippen LogP contribution in [0.1, 0.15) is 0 Å². The van der Waals surface area contributed by atoms with Crippen LogP contribution in [0.5, 0.6) is 5.75 Å². The number of imide groups is 1. The number of aromatic nitrogens is 1. The summed E-state index contributed by atoms with van der Waals surface area (Å²) in [5, 5.41) is 1.87. The molecule has 6 nitrogen and oxygen atoms in total. The van der Waals surface area contributed by atoms with Crippen LogP contribution in [-0.2, 0) is 4.79 Å². The molecule has 1 heterocycles. The minimum Gasteiger partial charge on any atom is -0.481 e. The van der Waals surface area contributed by atoms with Crippen molar-refractivity contribution >= 4 is 27.9 Å². The van der Waals surface area contributed by atoms with Crippen LogP contribution in [0.4, 0.5) is 4.79 Å². The Morgan fingerprint density at radius 1 is 1.60 bits per heavy atom. The topological polar surface area (TPSA) is 94.3 Å². The van der Waals surface area contributed by atoms with Crippen LogP contribution in [0.3, 0.4) is 0 Å². The predicted molar refractivity (Wildman–Crippen MR) is 55.2 cm³/mol.